The van der Waals surface area contributed by atoms with E-state index in [4.69, 9.17) is 9.47 Å². The summed E-state index contributed by atoms with van der Waals surface area (Å²) in [7, 11) is 1.64. The number of benzene rings is 1. The lowest BCUT2D eigenvalue weighted by Gasteiger charge is -2.20. The molecule has 1 aromatic rings. The Kier molecular flexibility index (Phi) is 8.48. The highest BCUT2D eigenvalue weighted by molar-refractivity contribution is 5.76. The van der Waals surface area contributed by atoms with Gasteiger partial charge in [0.15, 0.2) is 11.5 Å². The molecule has 0 aliphatic carbocycles. The summed E-state index contributed by atoms with van der Waals surface area (Å²) >= 11 is 0. The summed E-state index contributed by atoms with van der Waals surface area (Å²) in [4.78, 5) is 11.6. The van der Waals surface area contributed by atoms with Crippen LogP contribution in [0.2, 0.25) is 0 Å². The van der Waals surface area contributed by atoms with Crippen LogP contribution in [0.1, 0.15) is 40.0 Å². The molecule has 1 rings (SSSR count). The first-order valence-electron chi connectivity index (χ1n) is 8.20. The monoisotopic (exact) mass is 322 g/mol. The predicted molar refractivity (Wildman–Crippen MR) is 93.1 cm³/mol. The summed E-state index contributed by atoms with van der Waals surface area (Å²) in [6.07, 6.45) is 2.45. The summed E-state index contributed by atoms with van der Waals surface area (Å²) in [6, 6.07) is 7.62. The van der Waals surface area contributed by atoms with Crippen LogP contribution >= 0.6 is 0 Å². The van der Waals surface area contributed by atoms with E-state index in [-0.39, 0.29) is 11.4 Å². The van der Waals surface area contributed by atoms with Gasteiger partial charge < -0.3 is 20.1 Å². The molecule has 0 heterocycles. The van der Waals surface area contributed by atoms with Crippen LogP contribution in [0, 0.1) is 0 Å². The van der Waals surface area contributed by atoms with E-state index in [0.29, 0.717) is 13.0 Å². The van der Waals surface area contributed by atoms with Crippen LogP contribution in [0.5, 0.6) is 11.5 Å². The van der Waals surface area contributed by atoms with Crippen LogP contribution in [0.25, 0.3) is 0 Å². The maximum absolute atomic E-state index is 11.6. The van der Waals surface area contributed by atoms with E-state index in [2.05, 4.69) is 10.6 Å². The Morgan fingerprint density at radius 2 is 1.78 bits per heavy atom. The Labute approximate surface area is 139 Å². The molecule has 0 spiro atoms. The van der Waals surface area contributed by atoms with Crippen LogP contribution < -0.4 is 20.1 Å². The number of para-hydroxylation sites is 2. The molecule has 1 amide bonds. The molecule has 5 heteroatoms. The molecule has 0 atom stereocenters. The molecule has 0 fully saturated rings. The summed E-state index contributed by atoms with van der Waals surface area (Å²) in [5.41, 5.74) is -0.148. The third-order valence-corrected chi connectivity index (χ3v) is 3.13. The van der Waals surface area contributed by atoms with Gasteiger partial charge in [-0.3, -0.25) is 4.79 Å². The van der Waals surface area contributed by atoms with Crippen LogP contribution in [-0.4, -0.2) is 38.3 Å². The molecule has 0 saturated heterocycles. The average Bonchev–Trinajstić information content (AvgIpc) is 2.48. The molecule has 0 bridgehead atoms. The van der Waals surface area contributed by atoms with E-state index in [0.717, 1.165) is 37.4 Å². The Balaban J connectivity index is 2.03. The molecule has 0 aliphatic rings. The van der Waals surface area contributed by atoms with E-state index in [1.165, 1.54) is 0 Å². The van der Waals surface area contributed by atoms with Gasteiger partial charge in [0.25, 0.3) is 0 Å². The van der Waals surface area contributed by atoms with E-state index >= 15 is 0 Å². The van der Waals surface area contributed by atoms with Gasteiger partial charge in [0.1, 0.15) is 6.61 Å². The number of carbonyl (C=O) groups excluding carboxylic acids is 1. The first kappa shape index (κ1) is 19.3. The van der Waals surface area contributed by atoms with Crippen molar-refractivity contribution < 1.29 is 14.3 Å². The molecule has 0 unspecified atom stereocenters. The highest BCUT2D eigenvalue weighted by Crippen LogP contribution is 2.25. The summed E-state index contributed by atoms with van der Waals surface area (Å²) < 4.78 is 10.9. The molecule has 0 saturated carbocycles. The molecule has 130 valence electrons. The largest absolute Gasteiger partial charge is 0.493 e. The van der Waals surface area contributed by atoms with Gasteiger partial charge in [0, 0.05) is 18.5 Å². The minimum atomic E-state index is -0.148. The van der Waals surface area contributed by atoms with Gasteiger partial charge in [0.05, 0.1) is 7.11 Å². The topological polar surface area (TPSA) is 59.6 Å². The average molecular weight is 322 g/mol. The highest BCUT2D eigenvalue weighted by atomic mass is 16.5. The van der Waals surface area contributed by atoms with Crippen molar-refractivity contribution >= 4 is 5.91 Å². The molecular weight excluding hydrogens is 292 g/mol. The number of methoxy groups -OCH3 is 1. The predicted octanol–water partition coefficient (Wildman–Crippen LogP) is 2.75. The van der Waals surface area contributed by atoms with Crippen molar-refractivity contribution in [3.8, 4) is 11.5 Å². The fourth-order valence-corrected chi connectivity index (χ4v) is 2.11. The summed E-state index contributed by atoms with van der Waals surface area (Å²) in [5, 5.41) is 6.29. The Morgan fingerprint density at radius 1 is 1.09 bits per heavy atom. The SMILES string of the molecule is COc1ccccc1OCCNCCCCC(=O)NC(C)(C)C. The molecule has 2 N–H and O–H groups in total. The van der Waals surface area contributed by atoms with Gasteiger partial charge in [-0.1, -0.05) is 12.1 Å². The quantitative estimate of drug-likeness (QED) is 0.650. The molecule has 1 aromatic carbocycles. The van der Waals surface area contributed by atoms with Gasteiger partial charge in [-0.05, 0) is 52.3 Å². The van der Waals surface area contributed by atoms with Gasteiger partial charge >= 0.3 is 0 Å². The van der Waals surface area contributed by atoms with Crippen LogP contribution in [-0.2, 0) is 4.79 Å². The van der Waals surface area contributed by atoms with Crippen LogP contribution in [0.3, 0.4) is 0 Å². The summed E-state index contributed by atoms with van der Waals surface area (Å²) in [5.74, 6) is 1.63. The highest BCUT2D eigenvalue weighted by Gasteiger charge is 2.12. The lowest BCUT2D eigenvalue weighted by molar-refractivity contribution is -0.122. The van der Waals surface area contributed by atoms with Gasteiger partial charge in [-0.25, -0.2) is 0 Å². The third kappa shape index (κ3) is 9.08. The maximum atomic E-state index is 11.6. The Hall–Kier alpha value is -1.75. The fraction of sp³-hybridized carbons (Fsp3) is 0.611. The minimum Gasteiger partial charge on any atom is -0.493 e. The zero-order chi connectivity index (χ0) is 17.1. The Morgan fingerprint density at radius 3 is 2.43 bits per heavy atom. The van der Waals surface area contributed by atoms with Gasteiger partial charge in [0.2, 0.25) is 5.91 Å². The zero-order valence-corrected chi connectivity index (χ0v) is 14.8. The first-order chi connectivity index (χ1) is 10.9. The third-order valence-electron chi connectivity index (χ3n) is 3.13. The lowest BCUT2D eigenvalue weighted by atomic mass is 10.1. The zero-order valence-electron chi connectivity index (χ0n) is 14.8. The Bertz CT molecular complexity index is 470. The van der Waals surface area contributed by atoms with E-state index in [1.54, 1.807) is 7.11 Å². The smallest absolute Gasteiger partial charge is 0.220 e. The van der Waals surface area contributed by atoms with Crippen molar-refractivity contribution in [3.63, 3.8) is 0 Å². The second-order valence-electron chi connectivity index (χ2n) is 6.50. The van der Waals surface area contributed by atoms with E-state index in [9.17, 15) is 4.79 Å². The fourth-order valence-electron chi connectivity index (χ4n) is 2.11. The number of rotatable bonds is 10. The molecular formula is C18H30N2O3. The molecule has 0 aliphatic heterocycles. The van der Waals surface area contributed by atoms with Gasteiger partial charge in [-0.2, -0.15) is 0 Å². The number of amides is 1. The second kappa shape index (κ2) is 10.1. The van der Waals surface area contributed by atoms with Crippen molar-refractivity contribution in [1.82, 2.24) is 10.6 Å². The molecule has 23 heavy (non-hydrogen) atoms. The molecule has 0 aromatic heterocycles. The van der Waals surface area contributed by atoms with E-state index in [1.807, 2.05) is 45.0 Å². The van der Waals surface area contributed by atoms with Crippen molar-refractivity contribution in [2.45, 2.75) is 45.6 Å². The second-order valence-corrected chi connectivity index (χ2v) is 6.50. The number of unbranched alkanes of at least 4 members (excludes halogenated alkanes) is 1. The van der Waals surface area contributed by atoms with Crippen molar-refractivity contribution in [2.75, 3.05) is 26.8 Å². The van der Waals surface area contributed by atoms with Crippen LogP contribution in [0.15, 0.2) is 24.3 Å². The standard InChI is InChI=1S/C18H30N2O3/c1-18(2,3)20-17(21)11-7-8-12-19-13-14-23-16-10-6-5-9-15(16)22-4/h5-6,9-10,19H,7-8,11-14H2,1-4H3,(H,20,21). The van der Waals surface area contributed by atoms with Crippen molar-refractivity contribution in [1.29, 1.82) is 0 Å². The van der Waals surface area contributed by atoms with Crippen molar-refractivity contribution in [3.05, 3.63) is 24.3 Å². The number of carbonyl (C=O) groups is 1. The maximum Gasteiger partial charge on any atom is 0.220 e. The first-order valence-corrected chi connectivity index (χ1v) is 8.20. The molecule has 0 radical (unpaired) electrons. The number of hydrogen-bond donors (Lipinski definition) is 2. The van der Waals surface area contributed by atoms with Crippen molar-refractivity contribution in [2.24, 2.45) is 0 Å². The number of ether oxygens (including phenoxy) is 2. The number of hydrogen-bond acceptors (Lipinski definition) is 4. The lowest BCUT2D eigenvalue weighted by Crippen LogP contribution is -2.40. The normalized spacial score (nSPS) is 11.1. The van der Waals surface area contributed by atoms with Gasteiger partial charge in [-0.15, -0.1) is 0 Å². The minimum absolute atomic E-state index is 0.122. The molecule has 5 nitrogen and oxygen atoms in total. The van der Waals surface area contributed by atoms with Crippen LogP contribution in [0.4, 0.5) is 0 Å². The van der Waals surface area contributed by atoms with E-state index < -0.39 is 0 Å². The summed E-state index contributed by atoms with van der Waals surface area (Å²) in [6.45, 7) is 8.23. The number of nitrogens with one attached hydrogen (secondary N) is 2.